The highest BCUT2D eigenvalue weighted by molar-refractivity contribution is 7.98. The predicted molar refractivity (Wildman–Crippen MR) is 135 cm³/mol. The second-order valence-corrected chi connectivity index (χ2v) is 9.49. The van der Waals surface area contributed by atoms with Gasteiger partial charge in [0.25, 0.3) is 0 Å². The van der Waals surface area contributed by atoms with Crippen LogP contribution in [0.1, 0.15) is 30.7 Å². The Balaban J connectivity index is 1.42. The number of nitrogens with two attached hydrogens (primary N) is 1. The number of aromatic nitrogens is 5. The first kappa shape index (κ1) is 23.3. The number of thioether (sulfide) groups is 1. The lowest BCUT2D eigenvalue weighted by atomic mass is 10.1. The minimum Gasteiger partial charge on any atom is -0.376 e. The van der Waals surface area contributed by atoms with Crippen LogP contribution in [-0.4, -0.2) is 43.2 Å². The summed E-state index contributed by atoms with van der Waals surface area (Å²) in [6.07, 6.45) is 5.01. The number of ether oxygens (including phenoxy) is 1. The fourth-order valence-corrected chi connectivity index (χ4v) is 5.16. The number of carbonyl (C=O) groups excluding carboxylic acids is 1. The van der Waals surface area contributed by atoms with E-state index >= 15 is 0 Å². The Morgan fingerprint density at radius 1 is 1.09 bits per heavy atom. The van der Waals surface area contributed by atoms with Crippen LogP contribution in [0, 0.1) is 0 Å². The monoisotopic (exact) mass is 488 g/mol. The molecule has 1 aliphatic heterocycles. The van der Waals surface area contributed by atoms with E-state index in [0.717, 1.165) is 52.9 Å². The van der Waals surface area contributed by atoms with Crippen molar-refractivity contribution in [3.8, 4) is 16.9 Å². The summed E-state index contributed by atoms with van der Waals surface area (Å²) in [6, 6.07) is 20.3. The Morgan fingerprint density at radius 3 is 2.57 bits per heavy atom. The van der Waals surface area contributed by atoms with Gasteiger partial charge in [0.1, 0.15) is 5.82 Å². The first-order chi connectivity index (χ1) is 17.2. The maximum atomic E-state index is 11.4. The van der Waals surface area contributed by atoms with Crippen LogP contribution in [-0.2, 0) is 28.2 Å². The van der Waals surface area contributed by atoms with Gasteiger partial charge in [0, 0.05) is 42.5 Å². The van der Waals surface area contributed by atoms with E-state index < -0.39 is 0 Å². The van der Waals surface area contributed by atoms with Crippen molar-refractivity contribution in [3.63, 3.8) is 0 Å². The van der Waals surface area contributed by atoms with E-state index in [0.29, 0.717) is 18.7 Å². The fraction of sp³-hybridized carbons (Fsp3) is 0.308. The number of nitrogens with zero attached hydrogens (tertiary/aromatic N) is 5. The molecular formula is C26H28N6O2S. The summed E-state index contributed by atoms with van der Waals surface area (Å²) in [6.45, 7) is 1.46. The summed E-state index contributed by atoms with van der Waals surface area (Å²) in [5.74, 6) is 1.10. The average Bonchev–Trinajstić information content (AvgIpc) is 3.64. The Morgan fingerprint density at radius 2 is 1.86 bits per heavy atom. The van der Waals surface area contributed by atoms with Crippen LogP contribution >= 0.6 is 11.8 Å². The van der Waals surface area contributed by atoms with Gasteiger partial charge in [0.05, 0.1) is 24.0 Å². The molecule has 0 aliphatic carbocycles. The lowest BCUT2D eigenvalue weighted by Crippen LogP contribution is -2.19. The molecule has 8 nitrogen and oxygen atoms in total. The third-order valence-electron chi connectivity index (χ3n) is 6.01. The molecule has 35 heavy (non-hydrogen) atoms. The van der Waals surface area contributed by atoms with Gasteiger partial charge in [-0.1, -0.05) is 60.3 Å². The summed E-state index contributed by atoms with van der Waals surface area (Å²) in [5, 5.41) is 14.6. The van der Waals surface area contributed by atoms with Gasteiger partial charge < -0.3 is 15.0 Å². The zero-order valence-electron chi connectivity index (χ0n) is 19.4. The van der Waals surface area contributed by atoms with Crippen molar-refractivity contribution in [2.75, 3.05) is 6.61 Å². The van der Waals surface area contributed by atoms with Crippen molar-refractivity contribution >= 4 is 17.7 Å². The minimum atomic E-state index is -0.341. The lowest BCUT2D eigenvalue weighted by molar-refractivity contribution is -0.118. The van der Waals surface area contributed by atoms with E-state index in [9.17, 15) is 4.79 Å². The first-order valence-electron chi connectivity index (χ1n) is 11.8. The first-order valence-corrected chi connectivity index (χ1v) is 12.8. The van der Waals surface area contributed by atoms with Crippen molar-refractivity contribution in [1.29, 1.82) is 0 Å². The van der Waals surface area contributed by atoms with Crippen LogP contribution in [0.5, 0.6) is 0 Å². The van der Waals surface area contributed by atoms with Crippen LogP contribution in [0.3, 0.4) is 0 Å². The average molecular weight is 489 g/mol. The molecule has 0 spiro atoms. The summed E-state index contributed by atoms with van der Waals surface area (Å²) in [4.78, 5) is 11.4. The quantitative estimate of drug-likeness (QED) is 0.338. The smallest absolute Gasteiger partial charge is 0.217 e. The van der Waals surface area contributed by atoms with E-state index in [1.165, 1.54) is 0 Å². The van der Waals surface area contributed by atoms with Gasteiger partial charge in [-0.25, -0.2) is 4.68 Å². The van der Waals surface area contributed by atoms with Crippen molar-refractivity contribution in [1.82, 2.24) is 24.5 Å². The second kappa shape index (κ2) is 10.9. The molecule has 1 atom stereocenters. The summed E-state index contributed by atoms with van der Waals surface area (Å²) in [7, 11) is 0. The van der Waals surface area contributed by atoms with E-state index in [-0.39, 0.29) is 18.4 Å². The van der Waals surface area contributed by atoms with E-state index in [1.54, 1.807) is 11.8 Å². The molecule has 4 aromatic rings. The van der Waals surface area contributed by atoms with Crippen LogP contribution in [0.2, 0.25) is 0 Å². The zero-order chi connectivity index (χ0) is 24.0. The summed E-state index contributed by atoms with van der Waals surface area (Å²) < 4.78 is 9.88. The number of amides is 1. The normalized spacial score (nSPS) is 15.5. The molecule has 0 radical (unpaired) electrons. The number of hydrogen-bond donors (Lipinski definition) is 1. The molecule has 1 saturated heterocycles. The number of carbonyl (C=O) groups is 1. The number of benzene rings is 2. The molecule has 2 N–H and O–H groups in total. The van der Waals surface area contributed by atoms with Gasteiger partial charge in [-0.05, 0) is 25.0 Å². The number of hydrogen-bond acceptors (Lipinski definition) is 6. The second-order valence-electron chi connectivity index (χ2n) is 8.55. The Bertz CT molecular complexity index is 1270. The molecule has 9 heteroatoms. The SMILES string of the molecule is NC(=O)CCc1nnc(SCc2cn(-c3ccccc3)nc2-c2ccccc2)n1CC1CCCO1. The molecule has 0 bridgehead atoms. The standard InChI is InChI=1S/C26H28N6O2S/c27-23(33)13-14-24-28-29-26(31(24)17-22-12-7-15-34-22)35-18-20-16-32(21-10-5-2-6-11-21)30-25(20)19-8-3-1-4-9-19/h1-6,8-11,16,22H,7,12-15,17-18H2,(H2,27,33). The Kier molecular flexibility index (Phi) is 7.25. The lowest BCUT2D eigenvalue weighted by Gasteiger charge is -2.14. The highest BCUT2D eigenvalue weighted by atomic mass is 32.2. The van der Waals surface area contributed by atoms with Gasteiger partial charge >= 0.3 is 0 Å². The van der Waals surface area contributed by atoms with E-state index in [1.807, 2.05) is 53.2 Å². The van der Waals surface area contributed by atoms with Crippen molar-refractivity contribution in [2.45, 2.75) is 49.2 Å². The molecule has 5 rings (SSSR count). The van der Waals surface area contributed by atoms with Crippen LogP contribution < -0.4 is 5.73 Å². The molecule has 1 amide bonds. The topological polar surface area (TPSA) is 101 Å². The van der Waals surface area contributed by atoms with Gasteiger partial charge in [0.15, 0.2) is 5.16 Å². The predicted octanol–water partition coefficient (Wildman–Crippen LogP) is 4.02. The van der Waals surface area contributed by atoms with Gasteiger partial charge in [-0.2, -0.15) is 5.10 Å². The number of primary amides is 1. The highest BCUT2D eigenvalue weighted by Crippen LogP contribution is 2.30. The third-order valence-corrected chi connectivity index (χ3v) is 7.03. The number of rotatable bonds is 10. The van der Waals surface area contributed by atoms with Crippen LogP contribution in [0.15, 0.2) is 72.0 Å². The van der Waals surface area contributed by atoms with Gasteiger partial charge in [-0.15, -0.1) is 10.2 Å². The summed E-state index contributed by atoms with van der Waals surface area (Å²) in [5.41, 5.74) is 9.51. The zero-order valence-corrected chi connectivity index (χ0v) is 20.2. The molecule has 180 valence electrons. The van der Waals surface area contributed by atoms with Crippen molar-refractivity contribution in [2.24, 2.45) is 5.73 Å². The van der Waals surface area contributed by atoms with Gasteiger partial charge in [0.2, 0.25) is 5.91 Å². The van der Waals surface area contributed by atoms with Crippen LogP contribution in [0.4, 0.5) is 0 Å². The molecule has 2 aromatic heterocycles. The van der Waals surface area contributed by atoms with Crippen LogP contribution in [0.25, 0.3) is 16.9 Å². The largest absolute Gasteiger partial charge is 0.376 e. The molecule has 1 unspecified atom stereocenters. The number of para-hydroxylation sites is 1. The third kappa shape index (κ3) is 5.63. The fourth-order valence-electron chi connectivity index (χ4n) is 4.23. The van der Waals surface area contributed by atoms with Gasteiger partial charge in [-0.3, -0.25) is 4.79 Å². The molecule has 1 fully saturated rings. The maximum absolute atomic E-state index is 11.4. The maximum Gasteiger partial charge on any atom is 0.217 e. The Labute approximate surface area is 208 Å². The van der Waals surface area contributed by atoms with Crippen molar-refractivity contribution in [3.05, 3.63) is 78.2 Å². The number of aryl methyl sites for hydroxylation is 1. The molecule has 0 saturated carbocycles. The minimum absolute atomic E-state index is 0.137. The molecule has 1 aliphatic rings. The summed E-state index contributed by atoms with van der Waals surface area (Å²) >= 11 is 1.62. The van der Waals surface area contributed by atoms with E-state index in [4.69, 9.17) is 15.6 Å². The molecular weight excluding hydrogens is 460 g/mol. The van der Waals surface area contributed by atoms with E-state index in [2.05, 4.69) is 33.1 Å². The Hall–Kier alpha value is -3.43. The van der Waals surface area contributed by atoms with Crippen molar-refractivity contribution < 1.29 is 9.53 Å². The molecule has 3 heterocycles. The molecule has 2 aromatic carbocycles. The highest BCUT2D eigenvalue weighted by Gasteiger charge is 2.22.